The highest BCUT2D eigenvalue weighted by molar-refractivity contribution is 5.86. The van der Waals surface area contributed by atoms with Crippen LogP contribution in [0, 0.1) is 5.92 Å². The number of ether oxygens (including phenoxy) is 2. The van der Waals surface area contributed by atoms with Crippen LogP contribution >= 0.6 is 0 Å². The third-order valence-electron chi connectivity index (χ3n) is 3.08. The predicted octanol–water partition coefficient (Wildman–Crippen LogP) is 1.49. The van der Waals surface area contributed by atoms with Crippen LogP contribution in [0.1, 0.15) is 35.7 Å². The molecule has 3 unspecified atom stereocenters. The van der Waals surface area contributed by atoms with Crippen molar-refractivity contribution in [1.82, 2.24) is 0 Å². The van der Waals surface area contributed by atoms with Gasteiger partial charge in [0.25, 0.3) is 0 Å². The molecule has 0 aromatic carbocycles. The van der Waals surface area contributed by atoms with E-state index in [1.54, 1.807) is 12.1 Å². The van der Waals surface area contributed by atoms with Crippen molar-refractivity contribution >= 4 is 5.97 Å². The van der Waals surface area contributed by atoms with Crippen LogP contribution in [-0.2, 0) is 9.47 Å². The van der Waals surface area contributed by atoms with Crippen LogP contribution in [0.4, 0.5) is 0 Å². The minimum absolute atomic E-state index is 0.185. The largest absolute Gasteiger partial charge is 0.463 e. The maximum Gasteiger partial charge on any atom is 0.373 e. The molecule has 5 nitrogen and oxygen atoms in total. The highest BCUT2D eigenvalue weighted by Crippen LogP contribution is 2.30. The van der Waals surface area contributed by atoms with E-state index in [1.165, 1.54) is 7.11 Å². The zero-order chi connectivity index (χ0) is 12.4. The second-order valence-electron chi connectivity index (χ2n) is 4.36. The smallest absolute Gasteiger partial charge is 0.373 e. The molecule has 3 atom stereocenters. The Morgan fingerprint density at radius 2 is 2.35 bits per heavy atom. The molecule has 1 aliphatic heterocycles. The van der Waals surface area contributed by atoms with Gasteiger partial charge in [-0.05, 0) is 25.5 Å². The lowest BCUT2D eigenvalue weighted by Gasteiger charge is -2.14. The first-order valence-electron chi connectivity index (χ1n) is 5.67. The minimum atomic E-state index is -0.487. The standard InChI is InChI=1S/C12H17NO4/c1-7-5-8(6-16-7)11(13)9-3-4-10(17-9)12(14)15-2/h3-4,7-8,11H,5-6,13H2,1-2H3. The molecule has 1 aromatic heterocycles. The van der Waals surface area contributed by atoms with Crippen molar-refractivity contribution in [1.29, 1.82) is 0 Å². The monoisotopic (exact) mass is 239 g/mol. The fourth-order valence-corrected chi connectivity index (χ4v) is 2.08. The number of esters is 1. The van der Waals surface area contributed by atoms with Gasteiger partial charge in [0.15, 0.2) is 0 Å². The van der Waals surface area contributed by atoms with Crippen LogP contribution < -0.4 is 5.73 Å². The average Bonchev–Trinajstić information content (AvgIpc) is 2.95. The molecule has 0 radical (unpaired) electrons. The van der Waals surface area contributed by atoms with E-state index in [0.717, 1.165) is 6.42 Å². The second kappa shape index (κ2) is 4.89. The lowest BCUT2D eigenvalue weighted by atomic mass is 9.96. The molecule has 2 N–H and O–H groups in total. The molecule has 0 saturated carbocycles. The molecule has 94 valence electrons. The molecule has 0 bridgehead atoms. The molecule has 0 amide bonds. The summed E-state index contributed by atoms with van der Waals surface area (Å²) in [5, 5.41) is 0. The first-order chi connectivity index (χ1) is 8.11. The Labute approximate surface area is 99.9 Å². The van der Waals surface area contributed by atoms with Gasteiger partial charge in [0.2, 0.25) is 5.76 Å². The molecule has 0 spiro atoms. The van der Waals surface area contributed by atoms with Gasteiger partial charge >= 0.3 is 5.97 Å². The predicted molar refractivity (Wildman–Crippen MR) is 60.5 cm³/mol. The normalized spacial score (nSPS) is 25.8. The molecular formula is C12H17NO4. The zero-order valence-corrected chi connectivity index (χ0v) is 10.0. The van der Waals surface area contributed by atoms with Gasteiger partial charge in [-0.1, -0.05) is 0 Å². The molecular weight excluding hydrogens is 222 g/mol. The number of rotatable bonds is 3. The topological polar surface area (TPSA) is 74.7 Å². The summed E-state index contributed by atoms with van der Waals surface area (Å²) < 4.78 is 15.4. The molecule has 1 fully saturated rings. The van der Waals surface area contributed by atoms with Crippen molar-refractivity contribution in [3.63, 3.8) is 0 Å². The third-order valence-corrected chi connectivity index (χ3v) is 3.08. The lowest BCUT2D eigenvalue weighted by molar-refractivity contribution is 0.0561. The zero-order valence-electron chi connectivity index (χ0n) is 10.0. The Hall–Kier alpha value is -1.33. The van der Waals surface area contributed by atoms with Crippen LogP contribution in [0.25, 0.3) is 0 Å². The summed E-state index contributed by atoms with van der Waals surface area (Å²) in [6.45, 7) is 2.66. The summed E-state index contributed by atoms with van der Waals surface area (Å²) in [5.74, 6) is 0.541. The summed E-state index contributed by atoms with van der Waals surface area (Å²) >= 11 is 0. The van der Waals surface area contributed by atoms with Crippen molar-refractivity contribution < 1.29 is 18.7 Å². The van der Waals surface area contributed by atoms with Crippen LogP contribution in [0.15, 0.2) is 16.5 Å². The van der Waals surface area contributed by atoms with Gasteiger partial charge in [0, 0.05) is 5.92 Å². The van der Waals surface area contributed by atoms with Crippen LogP contribution in [0.3, 0.4) is 0 Å². The number of methoxy groups -OCH3 is 1. The van der Waals surface area contributed by atoms with Gasteiger partial charge in [-0.2, -0.15) is 0 Å². The molecule has 1 aliphatic rings. The van der Waals surface area contributed by atoms with Gasteiger partial charge in [-0.25, -0.2) is 4.79 Å². The van der Waals surface area contributed by atoms with Crippen molar-refractivity contribution in [2.24, 2.45) is 11.7 Å². The van der Waals surface area contributed by atoms with Gasteiger partial charge in [-0.3, -0.25) is 0 Å². The van der Waals surface area contributed by atoms with Crippen molar-refractivity contribution in [2.45, 2.75) is 25.5 Å². The molecule has 5 heteroatoms. The summed E-state index contributed by atoms with van der Waals surface area (Å²) in [6, 6.07) is 3.07. The number of carbonyl (C=O) groups is 1. The van der Waals surface area contributed by atoms with Gasteiger partial charge in [0.05, 0.1) is 25.9 Å². The highest BCUT2D eigenvalue weighted by Gasteiger charge is 2.30. The quantitative estimate of drug-likeness (QED) is 0.809. The summed E-state index contributed by atoms with van der Waals surface area (Å²) in [4.78, 5) is 11.2. The molecule has 17 heavy (non-hydrogen) atoms. The van der Waals surface area contributed by atoms with Crippen molar-refractivity contribution in [3.05, 3.63) is 23.7 Å². The molecule has 2 rings (SSSR count). The van der Waals surface area contributed by atoms with E-state index in [1.807, 2.05) is 6.92 Å². The van der Waals surface area contributed by atoms with Crippen LogP contribution in [0.5, 0.6) is 0 Å². The Bertz CT molecular complexity index is 401. The molecule has 1 aromatic rings. The molecule has 0 aliphatic carbocycles. The Morgan fingerprint density at radius 1 is 1.59 bits per heavy atom. The number of furan rings is 1. The van der Waals surface area contributed by atoms with E-state index in [0.29, 0.717) is 12.4 Å². The number of hydrogen-bond acceptors (Lipinski definition) is 5. The summed E-state index contributed by atoms with van der Waals surface area (Å²) in [6.07, 6.45) is 1.15. The first kappa shape index (κ1) is 12.1. The van der Waals surface area contributed by atoms with Crippen LogP contribution in [0.2, 0.25) is 0 Å². The summed E-state index contributed by atoms with van der Waals surface area (Å²) in [7, 11) is 1.32. The average molecular weight is 239 g/mol. The molecule has 1 saturated heterocycles. The van der Waals surface area contributed by atoms with Gasteiger partial charge in [0.1, 0.15) is 5.76 Å². The highest BCUT2D eigenvalue weighted by atomic mass is 16.5. The minimum Gasteiger partial charge on any atom is -0.463 e. The Balaban J connectivity index is 2.06. The SMILES string of the molecule is COC(=O)c1ccc(C(N)C2COC(C)C2)o1. The van der Waals surface area contributed by atoms with E-state index in [2.05, 4.69) is 4.74 Å². The fourth-order valence-electron chi connectivity index (χ4n) is 2.08. The second-order valence-corrected chi connectivity index (χ2v) is 4.36. The lowest BCUT2D eigenvalue weighted by Crippen LogP contribution is -2.21. The van der Waals surface area contributed by atoms with Crippen molar-refractivity contribution in [2.75, 3.05) is 13.7 Å². The Kier molecular flexibility index (Phi) is 3.49. The van der Waals surface area contributed by atoms with E-state index < -0.39 is 5.97 Å². The maximum absolute atomic E-state index is 11.2. The van der Waals surface area contributed by atoms with Gasteiger partial charge < -0.3 is 19.6 Å². The van der Waals surface area contributed by atoms with Crippen LogP contribution in [-0.4, -0.2) is 25.8 Å². The maximum atomic E-state index is 11.2. The number of nitrogens with two attached hydrogens (primary N) is 1. The number of hydrogen-bond donors (Lipinski definition) is 1. The van der Waals surface area contributed by atoms with E-state index >= 15 is 0 Å². The van der Waals surface area contributed by atoms with Gasteiger partial charge in [-0.15, -0.1) is 0 Å². The third kappa shape index (κ3) is 2.50. The summed E-state index contributed by atoms with van der Waals surface area (Å²) in [5.41, 5.74) is 6.09. The van der Waals surface area contributed by atoms with E-state index in [4.69, 9.17) is 14.9 Å². The number of carbonyl (C=O) groups excluding carboxylic acids is 1. The van der Waals surface area contributed by atoms with Crippen molar-refractivity contribution in [3.8, 4) is 0 Å². The first-order valence-corrected chi connectivity index (χ1v) is 5.67. The van der Waals surface area contributed by atoms with E-state index in [-0.39, 0.29) is 23.8 Å². The fraction of sp³-hybridized carbons (Fsp3) is 0.583. The van der Waals surface area contributed by atoms with E-state index in [9.17, 15) is 4.79 Å². The Morgan fingerprint density at radius 3 is 2.94 bits per heavy atom. The molecule has 2 heterocycles.